The van der Waals surface area contributed by atoms with Crippen LogP contribution in [-0.4, -0.2) is 27.6 Å². The molecule has 0 saturated heterocycles. The highest BCUT2D eigenvalue weighted by molar-refractivity contribution is 7.92. The van der Waals surface area contributed by atoms with Crippen LogP contribution in [0.1, 0.15) is 21.5 Å². The highest BCUT2D eigenvalue weighted by atomic mass is 35.5. The third-order valence-corrected chi connectivity index (χ3v) is 7.01. The fourth-order valence-corrected chi connectivity index (χ4v) is 4.48. The number of halogens is 5. The Kier molecular flexibility index (Phi) is 7.54. The van der Waals surface area contributed by atoms with Crippen LogP contribution in [0.4, 0.5) is 18.9 Å². The minimum atomic E-state index is -4.59. The van der Waals surface area contributed by atoms with Gasteiger partial charge in [-0.25, -0.2) is 13.8 Å². The third kappa shape index (κ3) is 5.69. The van der Waals surface area contributed by atoms with Gasteiger partial charge >= 0.3 is 6.18 Å². The Hall–Kier alpha value is -3.08. The maximum atomic E-state index is 13.0. The number of benzene rings is 3. The molecule has 0 saturated carbocycles. The zero-order valence-corrected chi connectivity index (χ0v) is 19.7. The molecule has 0 aliphatic heterocycles. The van der Waals surface area contributed by atoms with Crippen molar-refractivity contribution in [3.05, 3.63) is 93.5 Å². The molecular formula is C22H16Cl2F3N3O3S. The highest BCUT2D eigenvalue weighted by Gasteiger charge is 2.31. The number of sulfonamides is 1. The molecule has 12 heteroatoms. The van der Waals surface area contributed by atoms with Gasteiger partial charge < -0.3 is 0 Å². The van der Waals surface area contributed by atoms with Crippen molar-refractivity contribution in [3.63, 3.8) is 0 Å². The second-order valence-corrected chi connectivity index (χ2v) is 9.69. The molecule has 0 bridgehead atoms. The second kappa shape index (κ2) is 10.0. The fourth-order valence-electron chi connectivity index (χ4n) is 2.88. The van der Waals surface area contributed by atoms with Gasteiger partial charge in [-0.15, -0.1) is 0 Å². The van der Waals surface area contributed by atoms with Crippen LogP contribution in [0.2, 0.25) is 10.0 Å². The third-order valence-electron chi connectivity index (χ3n) is 4.66. The molecule has 0 unspecified atom stereocenters. The molecule has 0 aliphatic rings. The molecular weight excluding hydrogens is 514 g/mol. The van der Waals surface area contributed by atoms with E-state index in [1.54, 1.807) is 18.2 Å². The van der Waals surface area contributed by atoms with Crippen LogP contribution in [0.15, 0.2) is 76.7 Å². The highest BCUT2D eigenvalue weighted by Crippen LogP contribution is 2.31. The van der Waals surface area contributed by atoms with Crippen LogP contribution in [0.25, 0.3) is 0 Å². The van der Waals surface area contributed by atoms with E-state index in [9.17, 15) is 26.4 Å². The molecule has 0 aliphatic carbocycles. The quantitative estimate of drug-likeness (QED) is 0.333. The Morgan fingerprint density at radius 3 is 2.32 bits per heavy atom. The first-order valence-corrected chi connectivity index (χ1v) is 11.6. The fraction of sp³-hybridized carbons (Fsp3) is 0.0909. The normalized spacial score (nSPS) is 12.1. The summed E-state index contributed by atoms with van der Waals surface area (Å²) in [6, 6.07) is 13.8. The summed E-state index contributed by atoms with van der Waals surface area (Å²) < 4.78 is 65.3. The molecule has 0 radical (unpaired) electrons. The molecule has 3 aromatic rings. The van der Waals surface area contributed by atoms with Crippen molar-refractivity contribution in [1.29, 1.82) is 0 Å². The first-order chi connectivity index (χ1) is 15.9. The largest absolute Gasteiger partial charge is 0.416 e. The number of rotatable bonds is 6. The monoisotopic (exact) mass is 529 g/mol. The molecule has 0 heterocycles. The summed E-state index contributed by atoms with van der Waals surface area (Å²) in [5, 5.41) is 4.32. The molecule has 0 spiro atoms. The van der Waals surface area contributed by atoms with Crippen molar-refractivity contribution in [2.24, 2.45) is 5.10 Å². The lowest BCUT2D eigenvalue weighted by Gasteiger charge is -2.21. The number of carbonyl (C=O) groups excluding carboxylic acids is 1. The Morgan fingerprint density at radius 2 is 1.68 bits per heavy atom. The van der Waals surface area contributed by atoms with Crippen molar-refractivity contribution in [3.8, 4) is 0 Å². The summed E-state index contributed by atoms with van der Waals surface area (Å²) in [6.07, 6.45) is -3.36. The Morgan fingerprint density at radius 1 is 1.03 bits per heavy atom. The van der Waals surface area contributed by atoms with Crippen LogP contribution in [0.3, 0.4) is 0 Å². The van der Waals surface area contributed by atoms with Crippen LogP contribution in [0.5, 0.6) is 0 Å². The average Bonchev–Trinajstić information content (AvgIpc) is 2.80. The molecule has 1 amide bonds. The van der Waals surface area contributed by atoms with Gasteiger partial charge in [0.25, 0.3) is 15.9 Å². The van der Waals surface area contributed by atoms with Crippen molar-refractivity contribution >= 4 is 51.0 Å². The molecule has 1 N–H and O–H groups in total. The summed E-state index contributed by atoms with van der Waals surface area (Å²) in [5.41, 5.74) is 1.92. The van der Waals surface area contributed by atoms with Crippen molar-refractivity contribution in [1.82, 2.24) is 5.43 Å². The number of para-hydroxylation sites is 1. The molecule has 3 aromatic carbocycles. The van der Waals surface area contributed by atoms with Crippen molar-refractivity contribution in [2.75, 3.05) is 11.4 Å². The number of amides is 1. The van der Waals surface area contributed by atoms with Gasteiger partial charge in [0.05, 0.1) is 32.9 Å². The zero-order chi connectivity index (χ0) is 25.1. The smallest absolute Gasteiger partial charge is 0.269 e. The van der Waals surface area contributed by atoms with Gasteiger partial charge in [0, 0.05) is 17.6 Å². The van der Waals surface area contributed by atoms with Gasteiger partial charge in [-0.05, 0) is 48.5 Å². The van der Waals surface area contributed by atoms with E-state index in [4.69, 9.17) is 23.2 Å². The lowest BCUT2D eigenvalue weighted by Crippen LogP contribution is -2.27. The minimum Gasteiger partial charge on any atom is -0.269 e. The number of hydrogen-bond donors (Lipinski definition) is 1. The van der Waals surface area contributed by atoms with Gasteiger partial charge in [-0.1, -0.05) is 41.4 Å². The number of nitrogens with one attached hydrogen (secondary N) is 1. The summed E-state index contributed by atoms with van der Waals surface area (Å²) in [6.45, 7) is 0. The van der Waals surface area contributed by atoms with Crippen LogP contribution < -0.4 is 9.73 Å². The van der Waals surface area contributed by atoms with Gasteiger partial charge in [0.15, 0.2) is 0 Å². The van der Waals surface area contributed by atoms with E-state index in [2.05, 4.69) is 10.5 Å². The van der Waals surface area contributed by atoms with Crippen molar-refractivity contribution < 1.29 is 26.4 Å². The molecule has 0 fully saturated rings. The maximum absolute atomic E-state index is 13.0. The van der Waals surface area contributed by atoms with Crippen LogP contribution >= 0.6 is 23.2 Å². The Labute approximate surface area is 203 Å². The summed E-state index contributed by atoms with van der Waals surface area (Å²) in [5.74, 6) is -0.632. The van der Waals surface area contributed by atoms with E-state index in [1.807, 2.05) is 0 Å². The zero-order valence-electron chi connectivity index (χ0n) is 17.3. The van der Waals surface area contributed by atoms with Gasteiger partial charge in [-0.3, -0.25) is 9.10 Å². The molecule has 0 atom stereocenters. The average molecular weight is 530 g/mol. The second-order valence-electron chi connectivity index (χ2n) is 6.88. The van der Waals surface area contributed by atoms with E-state index in [-0.39, 0.29) is 21.2 Å². The van der Waals surface area contributed by atoms with E-state index < -0.39 is 27.7 Å². The van der Waals surface area contributed by atoms with Gasteiger partial charge in [-0.2, -0.15) is 18.3 Å². The number of hydrazone groups is 1. The predicted molar refractivity (Wildman–Crippen MR) is 125 cm³/mol. The SMILES string of the molecule is CN(c1ccccc1C=NNC(=O)c1cc(Cl)ccc1Cl)S(=O)(=O)c1ccc(C(F)(F)F)cc1. The Balaban J connectivity index is 1.84. The molecule has 3 rings (SSSR count). The number of nitrogens with zero attached hydrogens (tertiary/aromatic N) is 2. The number of anilines is 1. The maximum Gasteiger partial charge on any atom is 0.416 e. The molecule has 6 nitrogen and oxygen atoms in total. The molecule has 178 valence electrons. The van der Waals surface area contributed by atoms with Crippen molar-refractivity contribution in [2.45, 2.75) is 11.1 Å². The molecule has 34 heavy (non-hydrogen) atoms. The van der Waals surface area contributed by atoms with Crippen LogP contribution in [-0.2, 0) is 16.2 Å². The Bertz CT molecular complexity index is 1350. The van der Waals surface area contributed by atoms with E-state index in [1.165, 1.54) is 37.5 Å². The first kappa shape index (κ1) is 25.5. The number of alkyl halides is 3. The predicted octanol–water partition coefficient (Wildman–Crippen LogP) is 5.60. The number of hydrogen-bond acceptors (Lipinski definition) is 4. The lowest BCUT2D eigenvalue weighted by atomic mass is 10.2. The topological polar surface area (TPSA) is 78.8 Å². The summed E-state index contributed by atoms with van der Waals surface area (Å²) in [4.78, 5) is 12.0. The lowest BCUT2D eigenvalue weighted by molar-refractivity contribution is -0.137. The summed E-state index contributed by atoms with van der Waals surface area (Å²) in [7, 11) is -2.93. The van der Waals surface area contributed by atoms with E-state index in [0.717, 1.165) is 16.4 Å². The summed E-state index contributed by atoms with van der Waals surface area (Å²) >= 11 is 11.9. The number of carbonyl (C=O) groups is 1. The minimum absolute atomic E-state index is 0.0987. The standard InChI is InChI=1S/C22H16Cl2F3N3O3S/c1-30(34(32,33)17-9-6-15(7-10-17)22(25,26)27)20-5-3-2-4-14(20)13-28-29-21(31)18-12-16(23)8-11-19(18)24/h2-13H,1H3,(H,29,31). The van der Waals surface area contributed by atoms with Crippen LogP contribution in [0, 0.1) is 0 Å². The first-order valence-electron chi connectivity index (χ1n) is 9.45. The van der Waals surface area contributed by atoms with E-state index >= 15 is 0 Å². The van der Waals surface area contributed by atoms with Gasteiger partial charge in [0.2, 0.25) is 0 Å². The van der Waals surface area contributed by atoms with Gasteiger partial charge in [0.1, 0.15) is 0 Å². The van der Waals surface area contributed by atoms with E-state index in [0.29, 0.717) is 22.7 Å². The molecule has 0 aromatic heterocycles.